The number of hydrogen-bond acceptors (Lipinski definition) is 4. The van der Waals surface area contributed by atoms with Crippen molar-refractivity contribution in [3.63, 3.8) is 0 Å². The summed E-state index contributed by atoms with van der Waals surface area (Å²) in [7, 11) is -3.50. The Hall–Kier alpha value is -1.70. The van der Waals surface area contributed by atoms with Crippen molar-refractivity contribution in [2.24, 2.45) is 5.92 Å². The predicted octanol–water partition coefficient (Wildman–Crippen LogP) is 2.82. The van der Waals surface area contributed by atoms with E-state index in [4.69, 9.17) is 0 Å². The van der Waals surface area contributed by atoms with Crippen LogP contribution in [-0.4, -0.2) is 38.3 Å². The average molecular weight is 393 g/mol. The van der Waals surface area contributed by atoms with E-state index in [2.05, 4.69) is 5.32 Å². The lowest BCUT2D eigenvalue weighted by molar-refractivity contribution is -0.126. The first kappa shape index (κ1) is 19.1. The number of sulfonamides is 1. The van der Waals surface area contributed by atoms with Gasteiger partial charge in [0, 0.05) is 24.5 Å². The number of thiophene rings is 1. The molecule has 1 aliphatic rings. The molecule has 1 aromatic heterocycles. The summed E-state index contributed by atoms with van der Waals surface area (Å²) < 4.78 is 27.4. The molecule has 1 saturated heterocycles. The maximum Gasteiger partial charge on any atom is 0.252 e. The molecule has 0 saturated carbocycles. The van der Waals surface area contributed by atoms with Gasteiger partial charge in [0.15, 0.2) is 0 Å². The number of nitrogens with zero attached hydrogens (tertiary/aromatic N) is 1. The number of hydrogen-bond donors (Lipinski definition) is 1. The highest BCUT2D eigenvalue weighted by Crippen LogP contribution is 2.28. The first-order valence-corrected chi connectivity index (χ1v) is 11.1. The van der Waals surface area contributed by atoms with Crippen molar-refractivity contribution in [1.82, 2.24) is 9.62 Å². The van der Waals surface area contributed by atoms with E-state index in [1.165, 1.54) is 21.2 Å². The quantitative estimate of drug-likeness (QED) is 0.822. The van der Waals surface area contributed by atoms with Gasteiger partial charge in [-0.3, -0.25) is 4.79 Å². The normalized spacial score (nSPS) is 18.6. The zero-order valence-corrected chi connectivity index (χ0v) is 16.5. The van der Waals surface area contributed by atoms with Gasteiger partial charge in [-0.1, -0.05) is 30.3 Å². The number of benzene rings is 1. The topological polar surface area (TPSA) is 66.5 Å². The van der Waals surface area contributed by atoms with Gasteiger partial charge in [0.25, 0.3) is 10.0 Å². The van der Waals surface area contributed by atoms with E-state index in [-0.39, 0.29) is 18.4 Å². The van der Waals surface area contributed by atoms with Crippen molar-refractivity contribution in [3.8, 4) is 0 Å². The maximum absolute atomic E-state index is 12.8. The Morgan fingerprint density at radius 3 is 2.69 bits per heavy atom. The zero-order chi connectivity index (χ0) is 18.6. The lowest BCUT2D eigenvalue weighted by Gasteiger charge is -2.30. The summed E-state index contributed by atoms with van der Waals surface area (Å²) in [4.78, 5) is 13.4. The minimum atomic E-state index is -3.50. The molecule has 1 amide bonds. The molecule has 1 aliphatic heterocycles. The Kier molecular flexibility index (Phi) is 6.11. The number of amides is 1. The molecular formula is C19H24N2O3S2. The summed E-state index contributed by atoms with van der Waals surface area (Å²) >= 11 is 1.28. The van der Waals surface area contributed by atoms with Gasteiger partial charge < -0.3 is 5.32 Å². The number of carbonyl (C=O) groups excluding carboxylic acids is 1. The van der Waals surface area contributed by atoms with Crippen LogP contribution < -0.4 is 5.32 Å². The Morgan fingerprint density at radius 1 is 1.23 bits per heavy atom. The average Bonchev–Trinajstić information content (AvgIpc) is 3.10. The Labute approximate surface area is 159 Å². The van der Waals surface area contributed by atoms with Crippen LogP contribution in [0.1, 0.15) is 23.3 Å². The van der Waals surface area contributed by atoms with Crippen molar-refractivity contribution >= 4 is 27.3 Å². The van der Waals surface area contributed by atoms with Gasteiger partial charge in [-0.25, -0.2) is 8.42 Å². The third-order valence-corrected chi connectivity index (χ3v) is 7.95. The van der Waals surface area contributed by atoms with Gasteiger partial charge in [0.05, 0.1) is 5.92 Å². The summed E-state index contributed by atoms with van der Waals surface area (Å²) in [5, 5.41) is 2.96. The van der Waals surface area contributed by atoms with Gasteiger partial charge >= 0.3 is 0 Å². The Bertz CT molecular complexity index is 847. The molecule has 2 aromatic rings. The van der Waals surface area contributed by atoms with Crippen LogP contribution in [0.5, 0.6) is 0 Å². The minimum Gasteiger partial charge on any atom is -0.355 e. The molecule has 0 radical (unpaired) electrons. The van der Waals surface area contributed by atoms with Crippen molar-refractivity contribution in [3.05, 3.63) is 52.9 Å². The SMILES string of the molecule is Cc1ccc(S(=O)(=O)N2CCCC(C(=O)NCCc3ccccc3)C2)s1. The van der Waals surface area contributed by atoms with E-state index in [0.29, 0.717) is 23.7 Å². The molecule has 0 spiro atoms. The third-order valence-electron chi connectivity index (χ3n) is 4.62. The molecular weight excluding hydrogens is 368 g/mol. The van der Waals surface area contributed by atoms with Crippen molar-refractivity contribution in [2.75, 3.05) is 19.6 Å². The van der Waals surface area contributed by atoms with Crippen LogP contribution in [0.15, 0.2) is 46.7 Å². The third kappa shape index (κ3) is 4.52. The minimum absolute atomic E-state index is 0.0526. The van der Waals surface area contributed by atoms with E-state index in [9.17, 15) is 13.2 Å². The molecule has 2 heterocycles. The summed E-state index contributed by atoms with van der Waals surface area (Å²) in [6.07, 6.45) is 2.21. The Balaban J connectivity index is 1.56. The summed E-state index contributed by atoms with van der Waals surface area (Å²) in [6.45, 7) is 3.20. The highest BCUT2D eigenvalue weighted by Gasteiger charge is 2.33. The fourth-order valence-electron chi connectivity index (χ4n) is 3.17. The van der Waals surface area contributed by atoms with Crippen molar-refractivity contribution < 1.29 is 13.2 Å². The molecule has 1 aromatic carbocycles. The van der Waals surface area contributed by atoms with Crippen LogP contribution in [0, 0.1) is 12.8 Å². The summed E-state index contributed by atoms with van der Waals surface area (Å²) in [5.74, 6) is -0.335. The second kappa shape index (κ2) is 8.33. The Morgan fingerprint density at radius 2 is 2.00 bits per heavy atom. The van der Waals surface area contributed by atoms with E-state index in [1.807, 2.05) is 43.3 Å². The van der Waals surface area contributed by atoms with Crippen molar-refractivity contribution in [2.45, 2.75) is 30.4 Å². The molecule has 0 bridgehead atoms. The highest BCUT2D eigenvalue weighted by molar-refractivity contribution is 7.91. The molecule has 3 rings (SSSR count). The number of rotatable bonds is 6. The fraction of sp³-hybridized carbons (Fsp3) is 0.421. The van der Waals surface area contributed by atoms with E-state index in [1.54, 1.807) is 6.07 Å². The number of nitrogens with one attached hydrogen (secondary N) is 1. The smallest absolute Gasteiger partial charge is 0.252 e. The number of piperidine rings is 1. The van der Waals surface area contributed by atoms with Gasteiger partial charge in [0.1, 0.15) is 4.21 Å². The van der Waals surface area contributed by atoms with Gasteiger partial charge in [-0.2, -0.15) is 4.31 Å². The second-order valence-corrected chi connectivity index (χ2v) is 10.0. The molecule has 0 aliphatic carbocycles. The number of aryl methyl sites for hydroxylation is 1. The summed E-state index contributed by atoms with van der Waals surface area (Å²) in [6, 6.07) is 13.5. The van der Waals surface area contributed by atoms with Gasteiger partial charge in [0.2, 0.25) is 5.91 Å². The maximum atomic E-state index is 12.8. The molecule has 1 atom stereocenters. The van der Waals surface area contributed by atoms with E-state index in [0.717, 1.165) is 17.7 Å². The highest BCUT2D eigenvalue weighted by atomic mass is 32.2. The standard InChI is InChI=1S/C19H24N2O3S2/c1-15-9-10-18(25-15)26(23,24)21-13-5-8-17(14-21)19(22)20-12-11-16-6-3-2-4-7-16/h2-4,6-7,9-10,17H,5,8,11-14H2,1H3,(H,20,22). The first-order chi connectivity index (χ1) is 12.5. The van der Waals surface area contributed by atoms with E-state index < -0.39 is 10.0 Å². The van der Waals surface area contributed by atoms with Gasteiger partial charge in [-0.05, 0) is 43.9 Å². The lowest BCUT2D eigenvalue weighted by atomic mass is 9.99. The lowest BCUT2D eigenvalue weighted by Crippen LogP contribution is -2.45. The van der Waals surface area contributed by atoms with Crippen LogP contribution in [0.25, 0.3) is 0 Å². The molecule has 1 unspecified atom stereocenters. The van der Waals surface area contributed by atoms with E-state index >= 15 is 0 Å². The molecule has 1 fully saturated rings. The number of carbonyl (C=O) groups is 1. The fourth-order valence-corrected chi connectivity index (χ4v) is 6.13. The summed E-state index contributed by atoms with van der Waals surface area (Å²) in [5.41, 5.74) is 1.17. The first-order valence-electron chi connectivity index (χ1n) is 8.85. The molecule has 5 nitrogen and oxygen atoms in total. The van der Waals surface area contributed by atoms with Crippen LogP contribution in [0.3, 0.4) is 0 Å². The molecule has 1 N–H and O–H groups in total. The van der Waals surface area contributed by atoms with Crippen LogP contribution in [0.4, 0.5) is 0 Å². The van der Waals surface area contributed by atoms with Crippen LogP contribution in [0.2, 0.25) is 0 Å². The van der Waals surface area contributed by atoms with Crippen LogP contribution in [-0.2, 0) is 21.2 Å². The second-order valence-electron chi connectivity index (χ2n) is 6.59. The monoisotopic (exact) mass is 392 g/mol. The van der Waals surface area contributed by atoms with Crippen LogP contribution >= 0.6 is 11.3 Å². The molecule has 140 valence electrons. The zero-order valence-electron chi connectivity index (χ0n) is 14.8. The van der Waals surface area contributed by atoms with Crippen molar-refractivity contribution in [1.29, 1.82) is 0 Å². The van der Waals surface area contributed by atoms with Gasteiger partial charge in [-0.15, -0.1) is 11.3 Å². The largest absolute Gasteiger partial charge is 0.355 e. The predicted molar refractivity (Wildman–Crippen MR) is 104 cm³/mol. The molecule has 7 heteroatoms. The molecule has 26 heavy (non-hydrogen) atoms.